The Morgan fingerprint density at radius 2 is 2.00 bits per heavy atom. The first-order valence-electron chi connectivity index (χ1n) is 7.98. The molecule has 2 fully saturated rings. The molecule has 0 N–H and O–H groups in total. The number of hydrogen-bond acceptors (Lipinski definition) is 3. The van der Waals surface area contributed by atoms with E-state index in [4.69, 9.17) is 0 Å². The van der Waals surface area contributed by atoms with Crippen LogP contribution in [-0.4, -0.2) is 54.3 Å². The zero-order valence-electron chi connectivity index (χ0n) is 12.4. The average Bonchev–Trinajstić information content (AvgIpc) is 2.83. The van der Waals surface area contributed by atoms with Gasteiger partial charge in [0.15, 0.2) is 5.78 Å². The van der Waals surface area contributed by atoms with Gasteiger partial charge in [-0.25, -0.2) is 4.39 Å². The molecule has 0 saturated carbocycles. The van der Waals surface area contributed by atoms with Crippen molar-refractivity contribution in [3.05, 3.63) is 35.6 Å². The summed E-state index contributed by atoms with van der Waals surface area (Å²) in [5.41, 5.74) is 0.231. The van der Waals surface area contributed by atoms with Gasteiger partial charge in [0.25, 0.3) is 0 Å². The van der Waals surface area contributed by atoms with Crippen molar-refractivity contribution in [1.82, 2.24) is 9.80 Å². The van der Waals surface area contributed by atoms with E-state index in [1.807, 2.05) is 0 Å². The number of fused-ring (bicyclic) bond motifs is 1. The van der Waals surface area contributed by atoms with E-state index in [2.05, 4.69) is 9.80 Å². The van der Waals surface area contributed by atoms with Crippen molar-refractivity contribution in [3.8, 4) is 0 Å². The van der Waals surface area contributed by atoms with E-state index in [9.17, 15) is 9.18 Å². The molecule has 21 heavy (non-hydrogen) atoms. The molecule has 0 aromatic heterocycles. The monoisotopic (exact) mass is 290 g/mol. The minimum Gasteiger partial charge on any atom is -0.301 e. The van der Waals surface area contributed by atoms with Crippen LogP contribution in [0.4, 0.5) is 4.39 Å². The molecule has 0 spiro atoms. The molecule has 2 heterocycles. The largest absolute Gasteiger partial charge is 0.301 e. The number of carbonyl (C=O) groups excluding carboxylic acids is 1. The first kappa shape index (κ1) is 14.7. The summed E-state index contributed by atoms with van der Waals surface area (Å²) in [5.74, 6) is -0.485. The lowest BCUT2D eigenvalue weighted by atomic mass is 10.1. The van der Waals surface area contributed by atoms with Crippen molar-refractivity contribution >= 4 is 5.78 Å². The molecule has 2 aliphatic heterocycles. The Hall–Kier alpha value is -1.26. The van der Waals surface area contributed by atoms with Crippen LogP contribution in [0.15, 0.2) is 24.3 Å². The lowest BCUT2D eigenvalue weighted by Gasteiger charge is -2.25. The van der Waals surface area contributed by atoms with Crippen molar-refractivity contribution in [2.75, 3.05) is 32.7 Å². The second-order valence-electron chi connectivity index (χ2n) is 6.14. The Kier molecular flexibility index (Phi) is 4.66. The Bertz CT molecular complexity index is 505. The van der Waals surface area contributed by atoms with Crippen LogP contribution in [0.3, 0.4) is 0 Å². The molecule has 1 aromatic carbocycles. The molecule has 0 aliphatic carbocycles. The Morgan fingerprint density at radius 1 is 1.19 bits per heavy atom. The van der Waals surface area contributed by atoms with E-state index < -0.39 is 5.82 Å². The normalized spacial score (nSPS) is 23.8. The number of hydrogen-bond donors (Lipinski definition) is 0. The van der Waals surface area contributed by atoms with Gasteiger partial charge < -0.3 is 4.90 Å². The van der Waals surface area contributed by atoms with Crippen molar-refractivity contribution in [1.29, 1.82) is 0 Å². The van der Waals surface area contributed by atoms with Crippen LogP contribution in [0, 0.1) is 5.82 Å². The number of halogens is 1. The van der Waals surface area contributed by atoms with E-state index >= 15 is 0 Å². The van der Waals surface area contributed by atoms with Crippen molar-refractivity contribution < 1.29 is 9.18 Å². The number of carbonyl (C=O) groups is 1. The molecular weight excluding hydrogens is 267 g/mol. The topological polar surface area (TPSA) is 23.6 Å². The van der Waals surface area contributed by atoms with Gasteiger partial charge >= 0.3 is 0 Å². The first-order chi connectivity index (χ1) is 10.2. The number of ketones is 1. The van der Waals surface area contributed by atoms with Gasteiger partial charge in [0.1, 0.15) is 5.82 Å². The molecule has 2 aliphatic rings. The molecule has 0 bridgehead atoms. The number of nitrogens with zero attached hydrogens (tertiary/aromatic N) is 2. The maximum Gasteiger partial charge on any atom is 0.167 e. The number of benzene rings is 1. The summed E-state index contributed by atoms with van der Waals surface area (Å²) in [6, 6.07) is 6.94. The predicted octanol–water partition coefficient (Wildman–Crippen LogP) is 2.57. The van der Waals surface area contributed by atoms with Crippen molar-refractivity contribution in [3.63, 3.8) is 0 Å². The summed E-state index contributed by atoms with van der Waals surface area (Å²) < 4.78 is 13.6. The highest BCUT2D eigenvalue weighted by molar-refractivity contribution is 5.96. The van der Waals surface area contributed by atoms with Gasteiger partial charge in [-0.3, -0.25) is 9.69 Å². The molecule has 1 atom stereocenters. The van der Waals surface area contributed by atoms with Crippen LogP contribution in [0.1, 0.15) is 36.0 Å². The van der Waals surface area contributed by atoms with Crippen LogP contribution in [0.2, 0.25) is 0 Å². The Labute approximate surface area is 125 Å². The molecule has 2 saturated heterocycles. The average molecular weight is 290 g/mol. The summed E-state index contributed by atoms with van der Waals surface area (Å²) in [4.78, 5) is 17.1. The molecule has 0 radical (unpaired) electrons. The summed E-state index contributed by atoms with van der Waals surface area (Å²) >= 11 is 0. The molecule has 0 amide bonds. The lowest BCUT2D eigenvalue weighted by Crippen LogP contribution is -2.37. The summed E-state index contributed by atoms with van der Waals surface area (Å²) in [5, 5.41) is 0. The Balaban J connectivity index is 1.55. The zero-order chi connectivity index (χ0) is 14.7. The van der Waals surface area contributed by atoms with Crippen molar-refractivity contribution in [2.24, 2.45) is 0 Å². The third-order valence-corrected chi connectivity index (χ3v) is 4.72. The highest BCUT2D eigenvalue weighted by atomic mass is 19.1. The summed E-state index contributed by atoms with van der Waals surface area (Å²) in [6.45, 7) is 5.27. The molecule has 3 nitrogen and oxygen atoms in total. The summed E-state index contributed by atoms with van der Waals surface area (Å²) in [7, 11) is 0. The van der Waals surface area contributed by atoms with E-state index in [-0.39, 0.29) is 11.3 Å². The second kappa shape index (κ2) is 6.67. The Morgan fingerprint density at radius 3 is 2.86 bits per heavy atom. The van der Waals surface area contributed by atoms with E-state index in [1.54, 1.807) is 18.2 Å². The molecule has 3 rings (SSSR count). The fourth-order valence-corrected chi connectivity index (χ4v) is 3.57. The van der Waals surface area contributed by atoms with Crippen molar-refractivity contribution in [2.45, 2.75) is 31.7 Å². The number of rotatable bonds is 4. The molecule has 114 valence electrons. The maximum absolute atomic E-state index is 13.6. The van der Waals surface area contributed by atoms with Crippen LogP contribution in [-0.2, 0) is 0 Å². The quantitative estimate of drug-likeness (QED) is 0.796. The van der Waals surface area contributed by atoms with Gasteiger partial charge in [0.05, 0.1) is 5.56 Å². The fourth-order valence-electron chi connectivity index (χ4n) is 3.57. The number of Topliss-reactive ketones (excluding diaryl/α,β-unsaturated/α-hetero) is 1. The van der Waals surface area contributed by atoms with Gasteiger partial charge in [-0.05, 0) is 51.0 Å². The van der Waals surface area contributed by atoms with E-state index in [0.717, 1.165) is 19.6 Å². The van der Waals surface area contributed by atoms with Gasteiger partial charge in [0.2, 0.25) is 0 Å². The predicted molar refractivity (Wildman–Crippen MR) is 81.0 cm³/mol. The van der Waals surface area contributed by atoms with Crippen LogP contribution >= 0.6 is 0 Å². The smallest absolute Gasteiger partial charge is 0.167 e. The third-order valence-electron chi connectivity index (χ3n) is 4.72. The highest BCUT2D eigenvalue weighted by Gasteiger charge is 2.28. The first-order valence-corrected chi connectivity index (χ1v) is 7.98. The van der Waals surface area contributed by atoms with Gasteiger partial charge in [-0.2, -0.15) is 0 Å². The van der Waals surface area contributed by atoms with Gasteiger partial charge in [-0.1, -0.05) is 12.1 Å². The minimum absolute atomic E-state index is 0.0828. The lowest BCUT2D eigenvalue weighted by molar-refractivity contribution is 0.0958. The summed E-state index contributed by atoms with van der Waals surface area (Å²) in [6.07, 6.45) is 4.16. The van der Waals surface area contributed by atoms with E-state index in [0.29, 0.717) is 12.5 Å². The zero-order valence-corrected chi connectivity index (χ0v) is 12.4. The van der Waals surface area contributed by atoms with E-state index in [1.165, 1.54) is 38.4 Å². The van der Waals surface area contributed by atoms with Crippen LogP contribution < -0.4 is 0 Å². The SMILES string of the molecule is O=C(CCN1CCCN2CCCC2C1)c1ccccc1F. The molecule has 1 aromatic rings. The third kappa shape index (κ3) is 3.50. The van der Waals surface area contributed by atoms with Crippen LogP contribution in [0.25, 0.3) is 0 Å². The minimum atomic E-state index is -0.402. The second-order valence-corrected chi connectivity index (χ2v) is 6.14. The van der Waals surface area contributed by atoms with Gasteiger partial charge in [0, 0.05) is 25.6 Å². The highest BCUT2D eigenvalue weighted by Crippen LogP contribution is 2.21. The standard InChI is InChI=1S/C17H23FN2O/c18-16-7-2-1-6-15(16)17(21)8-12-19-9-4-11-20-10-3-5-14(20)13-19/h1-2,6-7,14H,3-5,8-13H2. The fraction of sp³-hybridized carbons (Fsp3) is 0.588. The van der Waals surface area contributed by atoms with Crippen LogP contribution in [0.5, 0.6) is 0 Å². The maximum atomic E-state index is 13.6. The molecular formula is C17H23FN2O. The van der Waals surface area contributed by atoms with Gasteiger partial charge in [-0.15, -0.1) is 0 Å². The molecule has 4 heteroatoms. The molecule has 1 unspecified atom stereocenters.